The molecule has 0 spiro atoms. The highest BCUT2D eigenvalue weighted by atomic mass is 15.1. The van der Waals surface area contributed by atoms with Crippen molar-refractivity contribution in [2.45, 2.75) is 25.9 Å². The average Bonchev–Trinajstić information content (AvgIpc) is 2.53. The maximum atomic E-state index is 5.53. The van der Waals surface area contributed by atoms with Gasteiger partial charge in [0.15, 0.2) is 0 Å². The first-order valence-electron chi connectivity index (χ1n) is 5.00. The van der Waals surface area contributed by atoms with E-state index in [-0.39, 0.29) is 0 Å². The second-order valence-electron chi connectivity index (χ2n) is 3.89. The van der Waals surface area contributed by atoms with Gasteiger partial charge in [-0.3, -0.25) is 0 Å². The van der Waals surface area contributed by atoms with Gasteiger partial charge in [-0.25, -0.2) is 4.98 Å². The van der Waals surface area contributed by atoms with E-state index in [1.807, 2.05) is 12.5 Å². The van der Waals surface area contributed by atoms with Gasteiger partial charge in [0, 0.05) is 30.9 Å². The van der Waals surface area contributed by atoms with Crippen LogP contribution in [0.1, 0.15) is 12.6 Å². The fourth-order valence-corrected chi connectivity index (χ4v) is 1.32. The van der Waals surface area contributed by atoms with Gasteiger partial charge in [-0.1, -0.05) is 0 Å². The Hall–Kier alpha value is -0.870. The molecular formula is C10H20N4. The van der Waals surface area contributed by atoms with Gasteiger partial charge in [-0.2, -0.15) is 0 Å². The van der Waals surface area contributed by atoms with Crippen LogP contribution >= 0.6 is 0 Å². The van der Waals surface area contributed by atoms with Crippen molar-refractivity contribution in [3.63, 3.8) is 0 Å². The largest absolute Gasteiger partial charge is 0.333 e. The first-order chi connectivity index (χ1) is 6.65. The lowest BCUT2D eigenvalue weighted by Gasteiger charge is -2.21. The zero-order chi connectivity index (χ0) is 10.6. The molecule has 0 amide bonds. The molecular weight excluding hydrogens is 176 g/mol. The summed E-state index contributed by atoms with van der Waals surface area (Å²) < 4.78 is 2.18. The summed E-state index contributed by atoms with van der Waals surface area (Å²) >= 11 is 0. The van der Waals surface area contributed by atoms with Gasteiger partial charge in [0.25, 0.3) is 0 Å². The Labute approximate surface area is 85.7 Å². The normalized spacial score (nSPS) is 13.5. The summed E-state index contributed by atoms with van der Waals surface area (Å²) in [5, 5.41) is 0. The van der Waals surface area contributed by atoms with Gasteiger partial charge in [-0.15, -0.1) is 0 Å². The molecule has 0 saturated carbocycles. The second-order valence-corrected chi connectivity index (χ2v) is 3.89. The van der Waals surface area contributed by atoms with Crippen LogP contribution < -0.4 is 5.73 Å². The van der Waals surface area contributed by atoms with Gasteiger partial charge in [0.2, 0.25) is 0 Å². The Morgan fingerprint density at radius 1 is 1.57 bits per heavy atom. The Balaban J connectivity index is 2.61. The molecule has 0 bridgehead atoms. The number of likely N-dealkylation sites (N-methyl/N-ethyl adjacent to an activating group) is 1. The fraction of sp³-hybridized carbons (Fsp3) is 0.700. The molecule has 80 valence electrons. The van der Waals surface area contributed by atoms with Gasteiger partial charge in [0.05, 0.1) is 6.33 Å². The zero-order valence-corrected chi connectivity index (χ0v) is 9.27. The minimum atomic E-state index is 0.515. The summed E-state index contributed by atoms with van der Waals surface area (Å²) in [6.45, 7) is 3.86. The highest BCUT2D eigenvalue weighted by molar-refractivity contribution is 4.99. The lowest BCUT2D eigenvalue weighted by molar-refractivity contribution is 0.282. The fourth-order valence-electron chi connectivity index (χ4n) is 1.32. The van der Waals surface area contributed by atoms with E-state index < -0.39 is 0 Å². The van der Waals surface area contributed by atoms with E-state index in [9.17, 15) is 0 Å². The third-order valence-electron chi connectivity index (χ3n) is 2.54. The number of nitrogens with zero attached hydrogens (tertiary/aromatic N) is 3. The number of hydrogen-bond donors (Lipinski definition) is 1. The third kappa shape index (κ3) is 2.82. The average molecular weight is 196 g/mol. The lowest BCUT2D eigenvalue weighted by Crippen LogP contribution is -2.29. The SMILES string of the molecule is CC(Cn1cncc1CCN)N(C)C. The van der Waals surface area contributed by atoms with Crippen LogP contribution in [0.2, 0.25) is 0 Å². The number of rotatable bonds is 5. The molecule has 1 heterocycles. The first-order valence-corrected chi connectivity index (χ1v) is 5.00. The Kier molecular flexibility index (Phi) is 4.10. The van der Waals surface area contributed by atoms with E-state index in [2.05, 4.69) is 35.5 Å². The van der Waals surface area contributed by atoms with Crippen molar-refractivity contribution in [2.75, 3.05) is 20.6 Å². The van der Waals surface area contributed by atoms with E-state index in [0.717, 1.165) is 13.0 Å². The molecule has 0 fully saturated rings. The monoisotopic (exact) mass is 196 g/mol. The topological polar surface area (TPSA) is 47.1 Å². The van der Waals surface area contributed by atoms with Gasteiger partial charge >= 0.3 is 0 Å². The van der Waals surface area contributed by atoms with Crippen molar-refractivity contribution in [3.8, 4) is 0 Å². The van der Waals surface area contributed by atoms with Crippen molar-refractivity contribution < 1.29 is 0 Å². The quantitative estimate of drug-likeness (QED) is 0.738. The molecule has 1 atom stereocenters. The predicted octanol–water partition coefficient (Wildman–Crippen LogP) is 0.334. The van der Waals surface area contributed by atoms with Crippen molar-refractivity contribution in [2.24, 2.45) is 5.73 Å². The van der Waals surface area contributed by atoms with E-state index in [4.69, 9.17) is 5.73 Å². The smallest absolute Gasteiger partial charge is 0.0948 e. The van der Waals surface area contributed by atoms with Crippen LogP contribution in [-0.2, 0) is 13.0 Å². The molecule has 0 saturated heterocycles. The molecule has 0 aliphatic rings. The molecule has 0 aromatic carbocycles. The minimum absolute atomic E-state index is 0.515. The maximum absolute atomic E-state index is 5.53. The van der Waals surface area contributed by atoms with Crippen LogP contribution in [-0.4, -0.2) is 41.1 Å². The first kappa shape index (κ1) is 11.2. The summed E-state index contributed by atoms with van der Waals surface area (Å²) in [6.07, 6.45) is 4.68. The van der Waals surface area contributed by atoms with Crippen molar-refractivity contribution in [3.05, 3.63) is 18.2 Å². The van der Waals surface area contributed by atoms with Crippen molar-refractivity contribution >= 4 is 0 Å². The molecule has 2 N–H and O–H groups in total. The summed E-state index contributed by atoms with van der Waals surface area (Å²) in [7, 11) is 4.18. The van der Waals surface area contributed by atoms with Crippen LogP contribution in [0.5, 0.6) is 0 Å². The number of imidazole rings is 1. The van der Waals surface area contributed by atoms with Crippen LogP contribution in [0.25, 0.3) is 0 Å². The van der Waals surface area contributed by atoms with Crippen LogP contribution in [0.15, 0.2) is 12.5 Å². The highest BCUT2D eigenvalue weighted by Gasteiger charge is 2.07. The summed E-state index contributed by atoms with van der Waals surface area (Å²) in [4.78, 5) is 6.34. The van der Waals surface area contributed by atoms with Gasteiger partial charge in [0.1, 0.15) is 0 Å². The molecule has 4 heteroatoms. The third-order valence-corrected chi connectivity index (χ3v) is 2.54. The van der Waals surface area contributed by atoms with Crippen LogP contribution in [0.3, 0.4) is 0 Å². The summed E-state index contributed by atoms with van der Waals surface area (Å²) in [5.74, 6) is 0. The Morgan fingerprint density at radius 3 is 2.86 bits per heavy atom. The number of hydrogen-bond acceptors (Lipinski definition) is 3. The Morgan fingerprint density at radius 2 is 2.29 bits per heavy atom. The molecule has 0 aliphatic carbocycles. The van der Waals surface area contributed by atoms with Crippen LogP contribution in [0, 0.1) is 0 Å². The maximum Gasteiger partial charge on any atom is 0.0948 e. The van der Waals surface area contributed by atoms with E-state index in [1.165, 1.54) is 5.69 Å². The minimum Gasteiger partial charge on any atom is -0.333 e. The second kappa shape index (κ2) is 5.12. The van der Waals surface area contributed by atoms with Gasteiger partial charge in [-0.05, 0) is 27.6 Å². The Bertz CT molecular complexity index is 267. The predicted molar refractivity (Wildman–Crippen MR) is 58.1 cm³/mol. The summed E-state index contributed by atoms with van der Waals surface area (Å²) in [5.41, 5.74) is 6.75. The number of aromatic nitrogens is 2. The zero-order valence-electron chi connectivity index (χ0n) is 9.27. The van der Waals surface area contributed by atoms with Crippen molar-refractivity contribution in [1.29, 1.82) is 0 Å². The highest BCUT2D eigenvalue weighted by Crippen LogP contribution is 2.03. The molecule has 1 aromatic heterocycles. The molecule has 0 radical (unpaired) electrons. The lowest BCUT2D eigenvalue weighted by atomic mass is 10.3. The molecule has 1 aromatic rings. The molecule has 1 unspecified atom stereocenters. The van der Waals surface area contributed by atoms with Crippen molar-refractivity contribution in [1.82, 2.24) is 14.5 Å². The number of nitrogens with two attached hydrogens (primary N) is 1. The standard InChI is InChI=1S/C10H20N4/c1-9(13(2)3)7-14-8-12-6-10(14)4-5-11/h6,8-9H,4-5,7,11H2,1-3H3. The van der Waals surface area contributed by atoms with Gasteiger partial charge < -0.3 is 15.2 Å². The van der Waals surface area contributed by atoms with Crippen LogP contribution in [0.4, 0.5) is 0 Å². The molecule has 0 aliphatic heterocycles. The summed E-state index contributed by atoms with van der Waals surface area (Å²) in [6, 6.07) is 0.515. The molecule has 14 heavy (non-hydrogen) atoms. The van der Waals surface area contributed by atoms with E-state index >= 15 is 0 Å². The van der Waals surface area contributed by atoms with E-state index in [1.54, 1.807) is 0 Å². The molecule has 1 rings (SSSR count). The molecule has 4 nitrogen and oxygen atoms in total. The van der Waals surface area contributed by atoms with E-state index in [0.29, 0.717) is 12.6 Å².